The zero-order valence-electron chi connectivity index (χ0n) is 17.7. The number of nitrogens with one attached hydrogen (secondary N) is 2. The van der Waals surface area contributed by atoms with E-state index in [0.29, 0.717) is 22.7 Å². The van der Waals surface area contributed by atoms with Gasteiger partial charge in [0.15, 0.2) is 5.16 Å². The Morgan fingerprint density at radius 3 is 2.88 bits per heavy atom. The van der Waals surface area contributed by atoms with E-state index in [4.69, 9.17) is 0 Å². The number of thiophene rings is 1. The average molecular weight is 475 g/mol. The normalized spacial score (nSPS) is 15.4. The molecule has 0 fully saturated rings. The highest BCUT2D eigenvalue weighted by Crippen LogP contribution is 2.37. The Morgan fingerprint density at radius 2 is 2.12 bits per heavy atom. The molecule has 1 aliphatic carbocycles. The first-order chi connectivity index (χ1) is 15.4. The SMILES string of the molecule is CCNC(=O)NC(=O)CSc1nc2sc3c(c2c(=O)n1-c1ccccc1F)CCC(C)C3. The summed E-state index contributed by atoms with van der Waals surface area (Å²) in [5.74, 6) is -0.695. The molecular weight excluding hydrogens is 451 g/mol. The topological polar surface area (TPSA) is 93.1 Å². The van der Waals surface area contributed by atoms with Crippen molar-refractivity contribution in [2.75, 3.05) is 12.3 Å². The number of hydrogen-bond acceptors (Lipinski definition) is 6. The number of urea groups is 1. The summed E-state index contributed by atoms with van der Waals surface area (Å²) in [4.78, 5) is 43.8. The van der Waals surface area contributed by atoms with Crippen molar-refractivity contribution in [3.63, 3.8) is 0 Å². The number of nitrogens with zero attached hydrogens (tertiary/aromatic N) is 2. The number of aryl methyl sites for hydroxylation is 1. The zero-order valence-corrected chi connectivity index (χ0v) is 19.4. The Hall–Kier alpha value is -2.72. The van der Waals surface area contributed by atoms with E-state index in [-0.39, 0.29) is 22.2 Å². The molecule has 32 heavy (non-hydrogen) atoms. The van der Waals surface area contributed by atoms with Gasteiger partial charge in [-0.25, -0.2) is 14.2 Å². The fourth-order valence-electron chi connectivity index (χ4n) is 3.81. The molecule has 3 amide bonds. The summed E-state index contributed by atoms with van der Waals surface area (Å²) >= 11 is 2.49. The molecule has 2 N–H and O–H groups in total. The van der Waals surface area contributed by atoms with Crippen LogP contribution in [0.1, 0.15) is 30.7 Å². The van der Waals surface area contributed by atoms with Crippen molar-refractivity contribution in [3.05, 3.63) is 50.9 Å². The van der Waals surface area contributed by atoms with Crippen molar-refractivity contribution < 1.29 is 14.0 Å². The van der Waals surface area contributed by atoms with E-state index < -0.39 is 17.8 Å². The number of fused-ring (bicyclic) bond motifs is 3. The predicted octanol–water partition coefficient (Wildman–Crippen LogP) is 3.65. The Kier molecular flexibility index (Phi) is 6.61. The van der Waals surface area contributed by atoms with Gasteiger partial charge in [-0.15, -0.1) is 11.3 Å². The molecule has 3 aromatic rings. The van der Waals surface area contributed by atoms with Crippen molar-refractivity contribution in [1.82, 2.24) is 20.2 Å². The van der Waals surface area contributed by atoms with Gasteiger partial charge in [-0.1, -0.05) is 30.8 Å². The predicted molar refractivity (Wildman–Crippen MR) is 124 cm³/mol. The number of imide groups is 1. The number of amides is 3. The van der Waals surface area contributed by atoms with Crippen molar-refractivity contribution in [2.24, 2.45) is 5.92 Å². The summed E-state index contributed by atoms with van der Waals surface area (Å²) in [5, 5.41) is 5.46. The summed E-state index contributed by atoms with van der Waals surface area (Å²) in [5.41, 5.74) is 0.762. The fraction of sp³-hybridized carbons (Fsp3) is 0.364. The third-order valence-electron chi connectivity index (χ3n) is 5.31. The quantitative estimate of drug-likeness (QED) is 0.435. The standard InChI is InChI=1S/C22H23FN4O3S2/c1-3-24-21(30)25-17(28)11-31-22-26-19-18(13-9-8-12(2)10-16(13)32-19)20(29)27(22)15-7-5-4-6-14(15)23/h4-7,12H,3,8-11H2,1-2H3,(H2,24,25,28,30). The molecular formula is C22H23FN4O3S2. The van der Waals surface area contributed by atoms with Gasteiger partial charge in [0, 0.05) is 11.4 Å². The van der Waals surface area contributed by atoms with Gasteiger partial charge in [0.2, 0.25) is 5.91 Å². The maximum absolute atomic E-state index is 14.7. The van der Waals surface area contributed by atoms with Gasteiger partial charge in [0.1, 0.15) is 10.6 Å². The Balaban J connectivity index is 1.78. The van der Waals surface area contributed by atoms with Gasteiger partial charge in [-0.05, 0) is 49.8 Å². The number of para-hydroxylation sites is 1. The number of benzene rings is 1. The monoisotopic (exact) mass is 474 g/mol. The van der Waals surface area contributed by atoms with Crippen LogP contribution in [-0.2, 0) is 17.6 Å². The molecule has 7 nitrogen and oxygen atoms in total. The molecule has 168 valence electrons. The molecule has 1 aromatic carbocycles. The first kappa shape index (κ1) is 22.5. The van der Waals surface area contributed by atoms with E-state index in [0.717, 1.165) is 41.5 Å². The number of rotatable bonds is 5. The van der Waals surface area contributed by atoms with Gasteiger partial charge >= 0.3 is 6.03 Å². The molecule has 10 heteroatoms. The molecule has 1 atom stereocenters. The third-order valence-corrected chi connectivity index (χ3v) is 7.40. The average Bonchev–Trinajstić information content (AvgIpc) is 3.10. The fourth-order valence-corrected chi connectivity index (χ4v) is 6.04. The minimum absolute atomic E-state index is 0.0858. The Labute approximate surface area is 192 Å². The van der Waals surface area contributed by atoms with Crippen LogP contribution in [0.4, 0.5) is 9.18 Å². The molecule has 0 radical (unpaired) electrons. The van der Waals surface area contributed by atoms with E-state index in [1.165, 1.54) is 28.0 Å². The first-order valence-corrected chi connectivity index (χ1v) is 12.2. The van der Waals surface area contributed by atoms with Crippen molar-refractivity contribution >= 4 is 45.3 Å². The van der Waals surface area contributed by atoms with Crippen molar-refractivity contribution in [3.8, 4) is 5.69 Å². The van der Waals surface area contributed by atoms with Crippen molar-refractivity contribution in [1.29, 1.82) is 0 Å². The van der Waals surface area contributed by atoms with Crippen LogP contribution in [0, 0.1) is 11.7 Å². The second-order valence-corrected chi connectivity index (χ2v) is 9.74. The van der Waals surface area contributed by atoms with Crippen LogP contribution in [0.5, 0.6) is 0 Å². The van der Waals surface area contributed by atoms with Crippen LogP contribution >= 0.6 is 23.1 Å². The van der Waals surface area contributed by atoms with Gasteiger partial charge in [-0.3, -0.25) is 19.5 Å². The summed E-state index contributed by atoms with van der Waals surface area (Å²) in [6, 6.07) is 5.41. The molecule has 0 aliphatic heterocycles. The molecule has 0 bridgehead atoms. The van der Waals surface area contributed by atoms with Crippen LogP contribution < -0.4 is 16.2 Å². The smallest absolute Gasteiger partial charge is 0.321 e. The number of aromatic nitrogens is 2. The molecule has 0 saturated heterocycles. The van der Waals surface area contributed by atoms with Crippen molar-refractivity contribution in [2.45, 2.75) is 38.3 Å². The minimum Gasteiger partial charge on any atom is -0.338 e. The van der Waals surface area contributed by atoms with Gasteiger partial charge in [-0.2, -0.15) is 0 Å². The van der Waals surface area contributed by atoms with Gasteiger partial charge in [0.05, 0.1) is 16.8 Å². The number of hydrogen-bond donors (Lipinski definition) is 2. The lowest BCUT2D eigenvalue weighted by Crippen LogP contribution is -2.40. The van der Waals surface area contributed by atoms with E-state index in [9.17, 15) is 18.8 Å². The molecule has 2 heterocycles. The summed E-state index contributed by atoms with van der Waals surface area (Å²) < 4.78 is 15.9. The highest BCUT2D eigenvalue weighted by atomic mass is 32.2. The molecule has 1 unspecified atom stereocenters. The molecule has 1 aliphatic rings. The highest BCUT2D eigenvalue weighted by molar-refractivity contribution is 7.99. The van der Waals surface area contributed by atoms with Crippen LogP contribution in [0.25, 0.3) is 15.9 Å². The van der Waals surface area contributed by atoms with Crippen LogP contribution in [-0.4, -0.2) is 33.8 Å². The molecule has 0 spiro atoms. The summed E-state index contributed by atoms with van der Waals surface area (Å²) in [6.07, 6.45) is 2.69. The largest absolute Gasteiger partial charge is 0.338 e. The second-order valence-electron chi connectivity index (χ2n) is 7.71. The number of carbonyl (C=O) groups is 2. The molecule has 4 rings (SSSR count). The highest BCUT2D eigenvalue weighted by Gasteiger charge is 2.26. The van der Waals surface area contributed by atoms with Crippen LogP contribution in [0.15, 0.2) is 34.2 Å². The summed E-state index contributed by atoms with van der Waals surface area (Å²) in [6.45, 7) is 4.32. The van der Waals surface area contributed by atoms with E-state index in [1.54, 1.807) is 19.1 Å². The van der Waals surface area contributed by atoms with Crippen LogP contribution in [0.3, 0.4) is 0 Å². The number of halogens is 1. The first-order valence-electron chi connectivity index (χ1n) is 10.4. The lowest BCUT2D eigenvalue weighted by molar-refractivity contribution is -0.117. The second kappa shape index (κ2) is 9.41. The lowest BCUT2D eigenvalue weighted by atomic mass is 9.89. The third kappa shape index (κ3) is 4.42. The maximum atomic E-state index is 14.7. The van der Waals surface area contributed by atoms with E-state index in [1.807, 2.05) is 0 Å². The van der Waals surface area contributed by atoms with Crippen LogP contribution in [0.2, 0.25) is 0 Å². The molecule has 0 saturated carbocycles. The lowest BCUT2D eigenvalue weighted by Gasteiger charge is -2.18. The number of thioether (sulfide) groups is 1. The Morgan fingerprint density at radius 1 is 1.34 bits per heavy atom. The summed E-state index contributed by atoms with van der Waals surface area (Å²) in [7, 11) is 0. The Bertz CT molecular complexity index is 1250. The van der Waals surface area contributed by atoms with E-state index in [2.05, 4.69) is 22.5 Å². The number of carbonyl (C=O) groups excluding carboxylic acids is 2. The molecule has 2 aromatic heterocycles. The zero-order chi connectivity index (χ0) is 22.8. The van der Waals surface area contributed by atoms with E-state index >= 15 is 0 Å². The minimum atomic E-state index is -0.590. The van der Waals surface area contributed by atoms with Gasteiger partial charge in [0.25, 0.3) is 5.56 Å². The maximum Gasteiger partial charge on any atom is 0.321 e. The van der Waals surface area contributed by atoms with Gasteiger partial charge < -0.3 is 5.32 Å².